The Hall–Kier alpha value is -0.360. The maximum absolute atomic E-state index is 11.5. The highest BCUT2D eigenvalue weighted by Crippen LogP contribution is 2.17. The Kier molecular flexibility index (Phi) is 4.25. The molecule has 1 aliphatic carbocycles. The summed E-state index contributed by atoms with van der Waals surface area (Å²) in [5, 5.41) is 7.05. The van der Waals surface area contributed by atoms with E-state index in [2.05, 4.69) is 10.6 Å². The van der Waals surface area contributed by atoms with Crippen molar-refractivity contribution < 1.29 is 8.42 Å². The van der Waals surface area contributed by atoms with Gasteiger partial charge in [0.15, 0.2) is 14.9 Å². The molecule has 1 aliphatic heterocycles. The van der Waals surface area contributed by atoms with Crippen LogP contribution in [0.25, 0.3) is 0 Å². The normalized spacial score (nSPS) is 28.8. The Morgan fingerprint density at radius 2 is 1.59 bits per heavy atom. The molecule has 1 atom stereocenters. The molecular formula is C11H20N2O2S2. The number of hydrogen-bond acceptors (Lipinski definition) is 3. The van der Waals surface area contributed by atoms with Gasteiger partial charge >= 0.3 is 0 Å². The van der Waals surface area contributed by atoms with Crippen LogP contribution in [0.1, 0.15) is 38.5 Å². The summed E-state index contributed by atoms with van der Waals surface area (Å²) in [6, 6.07) is 0.477. The molecule has 1 saturated heterocycles. The Morgan fingerprint density at radius 1 is 1.00 bits per heavy atom. The molecule has 0 aromatic heterocycles. The first-order valence-corrected chi connectivity index (χ1v) is 8.55. The van der Waals surface area contributed by atoms with Crippen LogP contribution in [0.15, 0.2) is 0 Å². The molecule has 2 fully saturated rings. The molecule has 0 radical (unpaired) electrons. The molecule has 1 unspecified atom stereocenters. The molecule has 1 heterocycles. The summed E-state index contributed by atoms with van der Waals surface area (Å²) in [5.41, 5.74) is 0. The predicted molar refractivity (Wildman–Crippen MR) is 72.8 cm³/mol. The maximum atomic E-state index is 11.5. The van der Waals surface area contributed by atoms with E-state index < -0.39 is 9.84 Å². The van der Waals surface area contributed by atoms with Crippen LogP contribution in [0.4, 0.5) is 0 Å². The van der Waals surface area contributed by atoms with E-state index >= 15 is 0 Å². The van der Waals surface area contributed by atoms with Crippen LogP contribution in [-0.2, 0) is 9.84 Å². The number of rotatable bonds is 2. The van der Waals surface area contributed by atoms with Gasteiger partial charge in [0, 0.05) is 12.1 Å². The lowest BCUT2D eigenvalue weighted by molar-refractivity contribution is 0.523. The zero-order valence-electron chi connectivity index (χ0n) is 9.94. The van der Waals surface area contributed by atoms with Crippen molar-refractivity contribution in [3.8, 4) is 0 Å². The van der Waals surface area contributed by atoms with Crippen LogP contribution in [-0.4, -0.2) is 37.1 Å². The summed E-state index contributed by atoms with van der Waals surface area (Å²) in [7, 11) is -2.85. The fraction of sp³-hybridized carbons (Fsp3) is 0.909. The van der Waals surface area contributed by atoms with Gasteiger partial charge in [-0.1, -0.05) is 12.8 Å². The van der Waals surface area contributed by atoms with Gasteiger partial charge in [-0.3, -0.25) is 0 Å². The lowest BCUT2D eigenvalue weighted by atomic mass is 10.2. The Balaban J connectivity index is 1.77. The largest absolute Gasteiger partial charge is 0.360 e. The van der Waals surface area contributed by atoms with Crippen LogP contribution in [0.5, 0.6) is 0 Å². The number of thiocarbonyl (C=S) groups is 1. The minimum absolute atomic E-state index is 0.00449. The molecule has 0 aromatic carbocycles. The molecule has 6 heteroatoms. The third-order valence-electron chi connectivity index (χ3n) is 3.49. The summed E-state index contributed by atoms with van der Waals surface area (Å²) in [6.07, 6.45) is 6.50. The number of sulfone groups is 1. The van der Waals surface area contributed by atoms with Gasteiger partial charge in [0.25, 0.3) is 0 Å². The lowest BCUT2D eigenvalue weighted by Gasteiger charge is -2.25. The SMILES string of the molecule is O=S1(=O)CCCC(NC(=S)NC2CCCC2)C1. The van der Waals surface area contributed by atoms with Crippen molar-refractivity contribution in [1.29, 1.82) is 0 Å². The highest BCUT2D eigenvalue weighted by Gasteiger charge is 2.25. The van der Waals surface area contributed by atoms with E-state index in [0.29, 0.717) is 16.9 Å². The summed E-state index contributed by atoms with van der Waals surface area (Å²) < 4.78 is 23.0. The molecule has 0 amide bonds. The monoisotopic (exact) mass is 276 g/mol. The highest BCUT2D eigenvalue weighted by molar-refractivity contribution is 7.91. The van der Waals surface area contributed by atoms with Gasteiger partial charge in [-0.05, 0) is 37.9 Å². The molecule has 4 nitrogen and oxygen atoms in total. The van der Waals surface area contributed by atoms with Gasteiger partial charge in [-0.15, -0.1) is 0 Å². The smallest absolute Gasteiger partial charge is 0.166 e. The first-order valence-electron chi connectivity index (χ1n) is 6.33. The first kappa shape index (κ1) is 13.1. The molecule has 98 valence electrons. The van der Waals surface area contributed by atoms with E-state index in [9.17, 15) is 8.42 Å². The van der Waals surface area contributed by atoms with Crippen molar-refractivity contribution >= 4 is 27.2 Å². The Bertz CT molecular complexity index is 375. The topological polar surface area (TPSA) is 58.2 Å². The zero-order valence-corrected chi connectivity index (χ0v) is 11.6. The third kappa shape index (κ3) is 4.10. The van der Waals surface area contributed by atoms with Crippen LogP contribution >= 0.6 is 12.2 Å². The van der Waals surface area contributed by atoms with Gasteiger partial charge < -0.3 is 10.6 Å². The second-order valence-corrected chi connectivity index (χ2v) is 7.69. The van der Waals surface area contributed by atoms with E-state index in [1.807, 2.05) is 0 Å². The van der Waals surface area contributed by atoms with E-state index in [1.54, 1.807) is 0 Å². The molecule has 1 saturated carbocycles. The fourth-order valence-electron chi connectivity index (χ4n) is 2.62. The van der Waals surface area contributed by atoms with Crippen molar-refractivity contribution in [1.82, 2.24) is 10.6 Å². The van der Waals surface area contributed by atoms with Gasteiger partial charge in [-0.25, -0.2) is 8.42 Å². The Morgan fingerprint density at radius 3 is 2.24 bits per heavy atom. The number of hydrogen-bond donors (Lipinski definition) is 2. The van der Waals surface area contributed by atoms with Gasteiger partial charge in [0.2, 0.25) is 0 Å². The van der Waals surface area contributed by atoms with Gasteiger partial charge in [0.05, 0.1) is 11.5 Å². The minimum atomic E-state index is -2.85. The minimum Gasteiger partial charge on any atom is -0.360 e. The predicted octanol–water partition coefficient (Wildman–Crippen LogP) is 0.970. The molecule has 2 N–H and O–H groups in total. The quantitative estimate of drug-likeness (QED) is 0.736. The van der Waals surface area contributed by atoms with Gasteiger partial charge in [0.1, 0.15) is 0 Å². The van der Waals surface area contributed by atoms with Crippen LogP contribution in [0.3, 0.4) is 0 Å². The van der Waals surface area contributed by atoms with E-state index in [0.717, 1.165) is 12.8 Å². The summed E-state index contributed by atoms with van der Waals surface area (Å²) in [5.74, 6) is 0.549. The Labute approximate surface area is 108 Å². The molecule has 17 heavy (non-hydrogen) atoms. The molecule has 2 aliphatic rings. The first-order chi connectivity index (χ1) is 8.05. The second kappa shape index (κ2) is 5.52. The van der Waals surface area contributed by atoms with Gasteiger partial charge in [-0.2, -0.15) is 0 Å². The summed E-state index contributed by atoms with van der Waals surface area (Å²) >= 11 is 5.23. The van der Waals surface area contributed by atoms with Crippen molar-refractivity contribution in [2.45, 2.75) is 50.6 Å². The third-order valence-corrected chi connectivity index (χ3v) is 5.55. The fourth-order valence-corrected chi connectivity index (χ4v) is 4.59. The van der Waals surface area contributed by atoms with Crippen molar-refractivity contribution in [3.05, 3.63) is 0 Å². The second-order valence-electron chi connectivity index (χ2n) is 5.05. The van der Waals surface area contributed by atoms with Crippen molar-refractivity contribution in [2.24, 2.45) is 0 Å². The van der Waals surface area contributed by atoms with Crippen LogP contribution in [0.2, 0.25) is 0 Å². The zero-order chi connectivity index (χ0) is 12.3. The average Bonchev–Trinajstić information content (AvgIpc) is 2.68. The summed E-state index contributed by atoms with van der Waals surface area (Å²) in [6.45, 7) is 0. The van der Waals surface area contributed by atoms with E-state index in [-0.39, 0.29) is 11.8 Å². The summed E-state index contributed by atoms with van der Waals surface area (Å²) in [4.78, 5) is 0. The van der Waals surface area contributed by atoms with E-state index in [1.165, 1.54) is 25.7 Å². The average molecular weight is 276 g/mol. The molecule has 0 spiro atoms. The molecule has 2 rings (SSSR count). The standard InChI is InChI=1S/C11H20N2O2S2/c14-17(15)7-3-6-10(8-17)13-11(16)12-9-4-1-2-5-9/h9-10H,1-8H2,(H2,12,13,16). The maximum Gasteiger partial charge on any atom is 0.166 e. The van der Waals surface area contributed by atoms with Crippen LogP contribution in [0, 0.1) is 0 Å². The molecule has 0 aromatic rings. The highest BCUT2D eigenvalue weighted by atomic mass is 32.2. The number of nitrogens with one attached hydrogen (secondary N) is 2. The lowest BCUT2D eigenvalue weighted by Crippen LogP contribution is -2.49. The molecule has 0 bridgehead atoms. The van der Waals surface area contributed by atoms with Crippen molar-refractivity contribution in [3.63, 3.8) is 0 Å². The van der Waals surface area contributed by atoms with Crippen molar-refractivity contribution in [2.75, 3.05) is 11.5 Å². The molecular weight excluding hydrogens is 256 g/mol. The van der Waals surface area contributed by atoms with E-state index in [4.69, 9.17) is 12.2 Å². The van der Waals surface area contributed by atoms with Crippen LogP contribution < -0.4 is 10.6 Å².